The van der Waals surface area contributed by atoms with Gasteiger partial charge in [-0.05, 0) is 66.1 Å². The largest absolute Gasteiger partial charge is 0.396 e. The van der Waals surface area contributed by atoms with Crippen LogP contribution in [0, 0.1) is 43.9 Å². The number of methoxy groups -OCH3 is 2. The molecule has 0 spiro atoms. The van der Waals surface area contributed by atoms with E-state index in [9.17, 15) is 30.1 Å². The number of aromatic nitrogens is 7. The molecule has 7 aliphatic heterocycles. The van der Waals surface area contributed by atoms with Crippen LogP contribution in [0.3, 0.4) is 0 Å². The average molecular weight is 2200 g/mol. The molecule has 3 aromatic carbocycles. The van der Waals surface area contributed by atoms with E-state index in [0.717, 1.165) is 135 Å². The van der Waals surface area contributed by atoms with Gasteiger partial charge in [0.2, 0.25) is 5.56 Å². The Morgan fingerprint density at radius 1 is 0.571 bits per heavy atom. The topological polar surface area (TPSA) is 513 Å². The van der Waals surface area contributed by atoms with E-state index in [4.69, 9.17) is 195 Å². The van der Waals surface area contributed by atoms with Gasteiger partial charge in [0.15, 0.2) is 6.29 Å². The van der Waals surface area contributed by atoms with Crippen molar-refractivity contribution >= 4 is 186 Å². The number of aliphatic hydroxyl groups excluding tert-OH is 4. The van der Waals surface area contributed by atoms with Crippen LogP contribution in [0.5, 0.6) is 11.5 Å². The maximum atomic E-state index is 10.4. The molecule has 0 saturated carbocycles. The Labute approximate surface area is 871 Å². The maximum Gasteiger partial charge on any atom is 0.299 e. The fraction of sp³-hybridized carbons (Fsp3) is 0.364. The van der Waals surface area contributed by atoms with E-state index in [2.05, 4.69) is 104 Å². The minimum absolute atomic E-state index is 0.00398. The molecule has 0 radical (unpaired) electrons. The number of hydrogen-bond acceptors (Lipinski definition) is 36. The van der Waals surface area contributed by atoms with Crippen LogP contribution in [0.15, 0.2) is 200 Å². The monoisotopic (exact) mass is 2200 g/mol. The lowest BCUT2D eigenvalue weighted by Crippen LogP contribution is -2.51. The first-order valence-corrected chi connectivity index (χ1v) is 47.1. The molecule has 0 bridgehead atoms. The smallest absolute Gasteiger partial charge is 0.299 e. The van der Waals surface area contributed by atoms with Gasteiger partial charge in [-0.2, -0.15) is 26.3 Å². The lowest BCUT2D eigenvalue weighted by molar-refractivity contribution is -0.711. The number of aliphatic hydroxyl groups is 4. The third-order valence-electron chi connectivity index (χ3n) is 21.4. The number of nitrogens with zero attached hydrogens (tertiary/aromatic N) is 14. The van der Waals surface area contributed by atoms with E-state index in [0.29, 0.717) is 95.9 Å². The number of rotatable bonds is 24. The number of aldehydes is 1. The molecule has 14 heterocycles. The van der Waals surface area contributed by atoms with Gasteiger partial charge in [-0.25, -0.2) is 29.9 Å². The summed E-state index contributed by atoms with van der Waals surface area (Å²) in [4.78, 5) is 94.9. The predicted octanol–water partition coefficient (Wildman–Crippen LogP) is 14.4. The Morgan fingerprint density at radius 3 is 1.41 bits per heavy atom. The number of anilines is 5. The standard InChI is InChI=1S/C18H19Cl2N3O2.C12H16Cl2N2O2.C10H11Cl2N3O.C10H13Cl2N3O.C10H11Cl2N3.C8H11NO2.C8H11NO.C5H2Cl2N2O3.C5H4N2O4.C2H4O.ClH2NO/c19-15-6-14(7-21-18(15)20)22-8-13-11-25-23(16(13)9-22)17(10-24)12-4-2-1-3-5-12;1-4-5-16(8-11(17-2)18-3)9-6-10(13)12(14)15-7-9;11-8-1-7(2-13-10(8)12)15-3-6-5-16-14-9(6)4-15;11-8-1-7(2-14-10(8)12)15-3-6(5-16)9(13)4-15;11-8-1-7(3-14-10(8)12)15-4-6-2-13-9(6)5-15;10-6-8(9-11)7-4-2-1-3-5-7;9-8(6-10)7-4-2-1-3-5-7;6-4-1-3(12-9(10)11)2-8-5(4)7;8-5-2-1-4(3-6-5)11-7(9)10;1-2-3;1-3-2/h1-7,13,16-17,24H,8-11H2;4,6-7,11H,1,5,8H2,2-3H3;1-2,6,9,14H,3-5H2;1-2,6,9,16H,3-5,13H2;1,3,6,9,13H,2,4-5H2;1-5,8-11H,6H2;1-5,8,10H,6,9H2;1-2H;1-3H,(H,6,8);2H,1H3;2H2/t13-,16-,17-;;2*6-,9-;6-,9+;2*8-;;;;/m1.11011..../s1. The highest BCUT2D eigenvalue weighted by molar-refractivity contribution is 6.43. The number of nitrogens with one attached hydrogen (secondary N) is 4. The van der Waals surface area contributed by atoms with Gasteiger partial charge in [0.25, 0.3) is 10.2 Å². The van der Waals surface area contributed by atoms with E-state index in [-0.39, 0.29) is 101 Å². The lowest BCUT2D eigenvalue weighted by Gasteiger charge is -2.30. The summed E-state index contributed by atoms with van der Waals surface area (Å²) in [5, 5.41) is 72.3. The first-order valence-electron chi connectivity index (χ1n) is 42.2. The third-order valence-corrected chi connectivity index (χ3v) is 25.6. The molecule has 17 rings (SSSR count). The van der Waals surface area contributed by atoms with Crippen LogP contribution in [0.2, 0.25) is 61.1 Å². The normalized spacial score (nSPS) is 18.7. The second-order valence-corrected chi connectivity index (χ2v) is 35.3. The van der Waals surface area contributed by atoms with Crippen molar-refractivity contribution in [1.82, 2.24) is 56.2 Å². The van der Waals surface area contributed by atoms with Gasteiger partial charge in [0, 0.05) is 134 Å². The fourth-order valence-corrected chi connectivity index (χ4v) is 15.9. The molecule has 7 saturated heterocycles. The van der Waals surface area contributed by atoms with Crippen molar-refractivity contribution in [3.8, 4) is 11.5 Å². The van der Waals surface area contributed by atoms with Gasteiger partial charge in [-0.15, -0.1) is 26.8 Å². The molecule has 52 heteroatoms. The Morgan fingerprint density at radius 2 is 1.01 bits per heavy atom. The number of ether oxygens (including phenoxy) is 2. The molecular formula is C88H104Cl13N21O18. The van der Waals surface area contributed by atoms with Crippen LogP contribution < -0.4 is 73.4 Å². The van der Waals surface area contributed by atoms with Crippen molar-refractivity contribution < 1.29 is 73.8 Å². The summed E-state index contributed by atoms with van der Waals surface area (Å²) in [5.74, 6) is 5.88. The number of halogens is 13. The van der Waals surface area contributed by atoms with E-state index in [1.807, 2.05) is 125 Å². The first-order chi connectivity index (χ1) is 67.2. The quantitative estimate of drug-likeness (QED) is 0.00667. The average Bonchev–Trinajstić information content (AvgIpc) is 1.62. The van der Waals surface area contributed by atoms with Crippen molar-refractivity contribution in [2.45, 2.75) is 55.5 Å². The molecule has 7 fully saturated rings. The van der Waals surface area contributed by atoms with Crippen LogP contribution in [-0.2, 0) is 28.3 Å². The van der Waals surface area contributed by atoms with Gasteiger partial charge < -0.3 is 91.0 Å². The molecule has 760 valence electrons. The number of carbonyl (C=O) groups is 1. The Hall–Kier alpha value is -8.59. The van der Waals surface area contributed by atoms with Crippen LogP contribution in [0.1, 0.15) is 41.7 Å². The van der Waals surface area contributed by atoms with Crippen molar-refractivity contribution in [3.05, 3.63) is 304 Å². The second kappa shape index (κ2) is 62.9. The van der Waals surface area contributed by atoms with E-state index >= 15 is 0 Å². The third kappa shape index (κ3) is 38.2. The molecule has 15 N–H and O–H groups in total. The van der Waals surface area contributed by atoms with Crippen LogP contribution in [0.4, 0.5) is 28.4 Å². The van der Waals surface area contributed by atoms with Gasteiger partial charge in [0.05, 0.1) is 177 Å². The number of benzene rings is 3. The highest BCUT2D eigenvalue weighted by Crippen LogP contribution is 2.40. The number of carbonyl (C=O) groups excluding carboxylic acids is 1. The molecular weight excluding hydrogens is 2100 g/mol. The van der Waals surface area contributed by atoms with Gasteiger partial charge in [0.1, 0.15) is 48.7 Å². The first kappa shape index (κ1) is 118. The predicted molar refractivity (Wildman–Crippen MR) is 543 cm³/mol. The van der Waals surface area contributed by atoms with E-state index in [1.54, 1.807) is 63.4 Å². The van der Waals surface area contributed by atoms with Crippen molar-refractivity contribution in [2.24, 2.45) is 41.0 Å². The molecule has 0 amide bonds. The van der Waals surface area contributed by atoms with Crippen LogP contribution in [-0.4, -0.2) is 238 Å². The maximum absolute atomic E-state index is 10.4. The molecule has 7 aliphatic rings. The summed E-state index contributed by atoms with van der Waals surface area (Å²) in [5.41, 5.74) is 23.8. The summed E-state index contributed by atoms with van der Waals surface area (Å²) in [6.07, 6.45) is 13.0. The highest BCUT2D eigenvalue weighted by Gasteiger charge is 2.46. The number of pyridine rings is 7. The lowest BCUT2D eigenvalue weighted by atomic mass is 9.96. The zero-order valence-corrected chi connectivity index (χ0v) is 84.9. The summed E-state index contributed by atoms with van der Waals surface area (Å²) in [7, 11) is 3.18. The summed E-state index contributed by atoms with van der Waals surface area (Å²) in [6.45, 7) is 16.0. The summed E-state index contributed by atoms with van der Waals surface area (Å²) < 4.78 is 13.6. The zero-order valence-electron chi connectivity index (χ0n) is 75.1. The van der Waals surface area contributed by atoms with Crippen molar-refractivity contribution in [1.29, 1.82) is 0 Å². The Kier molecular flexibility index (Phi) is 53.1. The molecule has 0 unspecified atom stereocenters. The van der Waals surface area contributed by atoms with Crippen LogP contribution >= 0.6 is 151 Å². The molecule has 0 aliphatic carbocycles. The summed E-state index contributed by atoms with van der Waals surface area (Å²) in [6, 6.07) is 42.0. The highest BCUT2D eigenvalue weighted by atomic mass is 35.5. The second-order valence-electron chi connectivity index (χ2n) is 30.6. The fourth-order valence-electron chi connectivity index (χ4n) is 14.3. The Bertz CT molecular complexity index is 5390. The SMILES string of the molecule is C=CCN(CC(OC)OC)c1cnc(Cl)c(Cl)c1.CC=O.Clc1cc(N2C[C@@H]3CN[C@@H]3C2)cnc1Cl.Clc1cc(N2C[C@@H]3CON[C@@H]3C2)cnc1Cl.NOCl.N[C@@H]1CN(c2cnc(Cl)c(Cl)c2)C[C@@H]1CO.N[C@H](CO)c1ccccc1.O=[N+]([O-])Oc1cnc(Cl)c(Cl)c1.O=c1ccc(O[N+](=O)[O-])c[nH]1.OC[C@@H](NO)c1ccccc1.OC[C@H](c1ccccc1)N1OC[C@H]2CN(c3cnc(Cl)c(Cl)c3)C[C@H]21. The van der Waals surface area contributed by atoms with E-state index in [1.165, 1.54) is 19.1 Å². The van der Waals surface area contributed by atoms with Crippen LogP contribution in [0.25, 0.3) is 0 Å². The number of hydrogen-bond donors (Lipinski definition) is 12. The van der Waals surface area contributed by atoms with Gasteiger partial charge in [-0.1, -0.05) is 236 Å². The minimum Gasteiger partial charge on any atom is -0.396 e. The molecule has 140 heavy (non-hydrogen) atoms. The molecule has 11 atom stereocenters. The number of H-pyrrole nitrogens is 1. The minimum atomic E-state index is -0.957. The molecule has 39 nitrogen and oxygen atoms in total. The summed E-state index contributed by atoms with van der Waals surface area (Å²) >= 11 is 74.1. The number of aromatic amines is 1. The molecule has 10 aromatic rings. The number of hydroxylamine groups is 4. The number of fused-ring (bicyclic) bond motifs is 3. The van der Waals surface area contributed by atoms with E-state index < -0.39 is 10.2 Å². The van der Waals surface area contributed by atoms with Crippen molar-refractivity contribution in [2.75, 3.05) is 150 Å². The van der Waals surface area contributed by atoms with Gasteiger partial charge >= 0.3 is 0 Å². The number of nitrogens with two attached hydrogens (primary N) is 3. The van der Waals surface area contributed by atoms with Gasteiger partial charge in [-0.3, -0.25) is 19.3 Å². The van der Waals surface area contributed by atoms with Crippen molar-refractivity contribution in [3.63, 3.8) is 0 Å². The zero-order chi connectivity index (χ0) is 102. The Balaban J connectivity index is 0.000000215. The molecule has 7 aromatic heterocycles.